The van der Waals surface area contributed by atoms with E-state index in [0.29, 0.717) is 12.6 Å². The van der Waals surface area contributed by atoms with Gasteiger partial charge in [-0.1, -0.05) is 19.3 Å². The normalized spacial score (nSPS) is 19.6. The molecule has 94 valence electrons. The monoisotopic (exact) mass is 229 g/mol. The van der Waals surface area contributed by atoms with E-state index in [1.807, 2.05) is 0 Å². The highest BCUT2D eigenvalue weighted by Crippen LogP contribution is 2.20. The third-order valence-electron chi connectivity index (χ3n) is 3.05. The average molecular weight is 229 g/mol. The molecule has 0 spiro atoms. The van der Waals surface area contributed by atoms with Crippen LogP contribution in [0, 0.1) is 0 Å². The third-order valence-corrected chi connectivity index (χ3v) is 3.05. The molecule has 1 aliphatic carbocycles. The van der Waals surface area contributed by atoms with Crippen molar-refractivity contribution in [2.24, 2.45) is 0 Å². The number of ether oxygens (including phenoxy) is 1. The van der Waals surface area contributed by atoms with Crippen LogP contribution in [-0.2, 0) is 9.53 Å². The predicted octanol–water partition coefficient (Wildman–Crippen LogP) is 1.79. The standard InChI is InChI=1S/C12H23NO3/c1-10(12(14)15)13-8-5-9-16-11-6-3-2-4-7-11/h10-11,13H,2-9H2,1H3,(H,14,15). The Bertz CT molecular complexity index is 202. The zero-order valence-electron chi connectivity index (χ0n) is 10.1. The maximum Gasteiger partial charge on any atom is 0.320 e. The van der Waals surface area contributed by atoms with Crippen molar-refractivity contribution >= 4 is 5.97 Å². The zero-order chi connectivity index (χ0) is 11.8. The highest BCUT2D eigenvalue weighted by Gasteiger charge is 2.13. The molecule has 2 N–H and O–H groups in total. The van der Waals surface area contributed by atoms with E-state index in [0.717, 1.165) is 13.0 Å². The average Bonchev–Trinajstić information content (AvgIpc) is 2.29. The number of hydrogen-bond donors (Lipinski definition) is 2. The van der Waals surface area contributed by atoms with Gasteiger partial charge in [0.2, 0.25) is 0 Å². The Balaban J connectivity index is 1.93. The van der Waals surface area contributed by atoms with E-state index in [4.69, 9.17) is 9.84 Å². The number of carboxylic acids is 1. The fraction of sp³-hybridized carbons (Fsp3) is 0.917. The van der Waals surface area contributed by atoms with Crippen molar-refractivity contribution in [3.8, 4) is 0 Å². The molecule has 1 atom stereocenters. The first kappa shape index (κ1) is 13.5. The second-order valence-electron chi connectivity index (χ2n) is 4.50. The van der Waals surface area contributed by atoms with E-state index < -0.39 is 12.0 Å². The van der Waals surface area contributed by atoms with Gasteiger partial charge in [0.15, 0.2) is 0 Å². The van der Waals surface area contributed by atoms with Gasteiger partial charge in [0.05, 0.1) is 6.10 Å². The molecule has 0 aliphatic heterocycles. The summed E-state index contributed by atoms with van der Waals surface area (Å²) in [7, 11) is 0. The van der Waals surface area contributed by atoms with Crippen LogP contribution in [0.4, 0.5) is 0 Å². The summed E-state index contributed by atoms with van der Waals surface area (Å²) in [5.41, 5.74) is 0. The summed E-state index contributed by atoms with van der Waals surface area (Å²) >= 11 is 0. The second-order valence-corrected chi connectivity index (χ2v) is 4.50. The van der Waals surface area contributed by atoms with Gasteiger partial charge in [0.1, 0.15) is 6.04 Å². The maximum absolute atomic E-state index is 10.5. The summed E-state index contributed by atoms with van der Waals surface area (Å²) in [6.07, 6.45) is 7.65. The fourth-order valence-corrected chi connectivity index (χ4v) is 1.96. The molecule has 0 aromatic rings. The lowest BCUT2D eigenvalue weighted by atomic mass is 9.98. The molecule has 0 aromatic carbocycles. The summed E-state index contributed by atoms with van der Waals surface area (Å²) in [4.78, 5) is 10.5. The van der Waals surface area contributed by atoms with Crippen molar-refractivity contribution in [2.75, 3.05) is 13.2 Å². The largest absolute Gasteiger partial charge is 0.480 e. The van der Waals surface area contributed by atoms with E-state index in [1.165, 1.54) is 32.1 Å². The number of hydrogen-bond acceptors (Lipinski definition) is 3. The van der Waals surface area contributed by atoms with Gasteiger partial charge in [0, 0.05) is 6.61 Å². The van der Waals surface area contributed by atoms with E-state index in [2.05, 4.69) is 5.32 Å². The highest BCUT2D eigenvalue weighted by atomic mass is 16.5. The number of carboxylic acid groups (broad SMARTS) is 1. The second kappa shape index (κ2) is 7.63. The molecule has 0 amide bonds. The zero-order valence-corrected chi connectivity index (χ0v) is 10.1. The third kappa shape index (κ3) is 5.47. The van der Waals surface area contributed by atoms with Crippen LogP contribution in [0.5, 0.6) is 0 Å². The lowest BCUT2D eigenvalue weighted by Gasteiger charge is -2.22. The smallest absolute Gasteiger partial charge is 0.320 e. The molecular formula is C12H23NO3. The Morgan fingerprint density at radius 3 is 2.75 bits per heavy atom. The Morgan fingerprint density at radius 1 is 1.44 bits per heavy atom. The van der Waals surface area contributed by atoms with E-state index >= 15 is 0 Å². The van der Waals surface area contributed by atoms with Crippen LogP contribution in [-0.4, -0.2) is 36.4 Å². The van der Waals surface area contributed by atoms with Crippen LogP contribution in [0.2, 0.25) is 0 Å². The summed E-state index contributed by atoms with van der Waals surface area (Å²) in [5.74, 6) is -0.798. The minimum Gasteiger partial charge on any atom is -0.480 e. The lowest BCUT2D eigenvalue weighted by Crippen LogP contribution is -2.34. The molecule has 1 unspecified atom stereocenters. The Hall–Kier alpha value is -0.610. The Morgan fingerprint density at radius 2 is 2.12 bits per heavy atom. The summed E-state index contributed by atoms with van der Waals surface area (Å²) in [6, 6.07) is -0.463. The van der Waals surface area contributed by atoms with Gasteiger partial charge in [-0.15, -0.1) is 0 Å². The van der Waals surface area contributed by atoms with Gasteiger partial charge in [-0.2, -0.15) is 0 Å². The van der Waals surface area contributed by atoms with E-state index in [-0.39, 0.29) is 0 Å². The minimum atomic E-state index is -0.798. The van der Waals surface area contributed by atoms with Gasteiger partial charge >= 0.3 is 5.97 Å². The van der Waals surface area contributed by atoms with Crippen molar-refractivity contribution < 1.29 is 14.6 Å². The molecule has 16 heavy (non-hydrogen) atoms. The first-order chi connectivity index (χ1) is 7.70. The summed E-state index contributed by atoms with van der Waals surface area (Å²) < 4.78 is 5.74. The number of aliphatic carboxylic acids is 1. The van der Waals surface area contributed by atoms with E-state index in [1.54, 1.807) is 6.92 Å². The van der Waals surface area contributed by atoms with Gasteiger partial charge in [-0.25, -0.2) is 0 Å². The SMILES string of the molecule is CC(NCCCOC1CCCCC1)C(=O)O. The predicted molar refractivity (Wildman–Crippen MR) is 62.5 cm³/mol. The molecule has 0 heterocycles. The van der Waals surface area contributed by atoms with Crippen molar-refractivity contribution in [1.82, 2.24) is 5.32 Å². The molecular weight excluding hydrogens is 206 g/mol. The molecule has 1 fully saturated rings. The first-order valence-electron chi connectivity index (χ1n) is 6.28. The minimum absolute atomic E-state index is 0.450. The maximum atomic E-state index is 10.5. The molecule has 0 saturated heterocycles. The number of carbonyl (C=O) groups is 1. The Kier molecular flexibility index (Phi) is 6.42. The fourth-order valence-electron chi connectivity index (χ4n) is 1.96. The van der Waals surface area contributed by atoms with Gasteiger partial charge < -0.3 is 15.2 Å². The highest BCUT2D eigenvalue weighted by molar-refractivity contribution is 5.72. The topological polar surface area (TPSA) is 58.6 Å². The van der Waals surface area contributed by atoms with Crippen molar-refractivity contribution in [2.45, 2.75) is 57.6 Å². The number of nitrogens with one attached hydrogen (secondary N) is 1. The molecule has 4 nitrogen and oxygen atoms in total. The molecule has 1 aliphatic rings. The molecule has 0 radical (unpaired) electrons. The van der Waals surface area contributed by atoms with Crippen molar-refractivity contribution in [3.63, 3.8) is 0 Å². The van der Waals surface area contributed by atoms with Gasteiger partial charge in [0.25, 0.3) is 0 Å². The molecule has 0 aromatic heterocycles. The van der Waals surface area contributed by atoms with Crippen molar-refractivity contribution in [1.29, 1.82) is 0 Å². The van der Waals surface area contributed by atoms with Crippen LogP contribution in [0.3, 0.4) is 0 Å². The number of rotatable bonds is 7. The molecule has 4 heteroatoms. The quantitative estimate of drug-likeness (QED) is 0.653. The van der Waals surface area contributed by atoms with Gasteiger partial charge in [-0.05, 0) is 32.7 Å². The molecule has 1 saturated carbocycles. The van der Waals surface area contributed by atoms with Crippen molar-refractivity contribution in [3.05, 3.63) is 0 Å². The summed E-state index contributed by atoms with van der Waals surface area (Å²) in [5, 5.41) is 11.6. The van der Waals surface area contributed by atoms with Crippen LogP contribution in [0.25, 0.3) is 0 Å². The van der Waals surface area contributed by atoms with E-state index in [9.17, 15) is 4.79 Å². The first-order valence-corrected chi connectivity index (χ1v) is 6.28. The summed E-state index contributed by atoms with van der Waals surface area (Å²) in [6.45, 7) is 3.11. The van der Waals surface area contributed by atoms with Crippen LogP contribution >= 0.6 is 0 Å². The van der Waals surface area contributed by atoms with Crippen LogP contribution in [0.15, 0.2) is 0 Å². The molecule has 0 bridgehead atoms. The van der Waals surface area contributed by atoms with Crippen LogP contribution < -0.4 is 5.32 Å². The van der Waals surface area contributed by atoms with Gasteiger partial charge in [-0.3, -0.25) is 4.79 Å². The molecule has 1 rings (SSSR count). The van der Waals surface area contributed by atoms with Crippen LogP contribution in [0.1, 0.15) is 45.4 Å². The lowest BCUT2D eigenvalue weighted by molar-refractivity contribution is -0.139. The Labute approximate surface area is 97.4 Å².